The molecule has 0 saturated heterocycles. The third-order valence-electron chi connectivity index (χ3n) is 2.44. The fourth-order valence-electron chi connectivity index (χ4n) is 1.63. The van der Waals surface area contributed by atoms with Gasteiger partial charge in [-0.2, -0.15) is 4.80 Å². The lowest BCUT2D eigenvalue weighted by molar-refractivity contribution is 0.155. The van der Waals surface area contributed by atoms with Gasteiger partial charge in [0.05, 0.1) is 0 Å². The monoisotopic (exact) mass is 339 g/mol. The number of tetrazole rings is 1. The van der Waals surface area contributed by atoms with Crippen molar-refractivity contribution in [2.75, 3.05) is 7.11 Å². The van der Waals surface area contributed by atoms with Crippen molar-refractivity contribution in [3.05, 3.63) is 34.3 Å². The van der Waals surface area contributed by atoms with E-state index < -0.39 is 0 Å². The maximum absolute atomic E-state index is 5.36. The number of nitrogens with zero attached hydrogens (tertiary/aromatic N) is 5. The van der Waals surface area contributed by atoms with Crippen LogP contribution in [-0.4, -0.2) is 32.5 Å². The van der Waals surface area contributed by atoms with E-state index in [1.807, 2.05) is 0 Å². The van der Waals surface area contributed by atoms with E-state index in [4.69, 9.17) is 13.7 Å². The van der Waals surface area contributed by atoms with Crippen LogP contribution in [0.25, 0.3) is 11.6 Å². The van der Waals surface area contributed by atoms with Gasteiger partial charge in [-0.05, 0) is 33.3 Å². The van der Waals surface area contributed by atoms with E-state index in [0.29, 0.717) is 40.9 Å². The number of furan rings is 1. The van der Waals surface area contributed by atoms with Crippen LogP contribution in [-0.2, 0) is 17.9 Å². The second-order valence-electron chi connectivity index (χ2n) is 3.96. The standard InChI is InChI=1S/C11H10BrN5O3/c1-18-6-8-4-7(15-20-8)5-17-14-11(13-16-17)9-2-3-10(12)19-9/h2-4H,5-6H2,1H3. The summed E-state index contributed by atoms with van der Waals surface area (Å²) in [4.78, 5) is 1.42. The highest BCUT2D eigenvalue weighted by atomic mass is 79.9. The van der Waals surface area contributed by atoms with Crippen molar-refractivity contribution in [1.29, 1.82) is 0 Å². The molecule has 0 fully saturated rings. The van der Waals surface area contributed by atoms with Crippen LogP contribution in [0, 0.1) is 0 Å². The van der Waals surface area contributed by atoms with Gasteiger partial charge in [0.1, 0.15) is 18.8 Å². The third kappa shape index (κ3) is 2.78. The van der Waals surface area contributed by atoms with Crippen LogP contribution in [0.3, 0.4) is 0 Å². The van der Waals surface area contributed by atoms with E-state index in [-0.39, 0.29) is 0 Å². The van der Waals surface area contributed by atoms with Crippen molar-refractivity contribution in [3.8, 4) is 11.6 Å². The molecule has 0 aliphatic carbocycles. The molecule has 20 heavy (non-hydrogen) atoms. The molecule has 0 bridgehead atoms. The molecule has 3 rings (SSSR count). The molecule has 0 spiro atoms. The molecule has 0 aromatic carbocycles. The predicted octanol–water partition coefficient (Wildman–Crippen LogP) is 1.88. The Bertz CT molecular complexity index is 704. The largest absolute Gasteiger partial charge is 0.446 e. The van der Waals surface area contributed by atoms with Gasteiger partial charge in [0, 0.05) is 13.2 Å². The Balaban J connectivity index is 1.73. The maximum atomic E-state index is 5.36. The molecule has 0 aliphatic heterocycles. The van der Waals surface area contributed by atoms with E-state index in [9.17, 15) is 0 Å². The average Bonchev–Trinajstić information content (AvgIpc) is 3.12. The summed E-state index contributed by atoms with van der Waals surface area (Å²) >= 11 is 3.22. The number of rotatable bonds is 5. The van der Waals surface area contributed by atoms with Gasteiger partial charge in [0.15, 0.2) is 16.2 Å². The van der Waals surface area contributed by atoms with E-state index in [2.05, 4.69) is 36.5 Å². The first-order valence-corrected chi connectivity index (χ1v) is 6.51. The highest BCUT2D eigenvalue weighted by Gasteiger charge is 2.12. The highest BCUT2D eigenvalue weighted by Crippen LogP contribution is 2.21. The van der Waals surface area contributed by atoms with E-state index >= 15 is 0 Å². The van der Waals surface area contributed by atoms with Gasteiger partial charge < -0.3 is 13.7 Å². The van der Waals surface area contributed by atoms with Crippen LogP contribution in [0.15, 0.2) is 31.8 Å². The molecular formula is C11H10BrN5O3. The summed E-state index contributed by atoms with van der Waals surface area (Å²) in [6, 6.07) is 5.32. The van der Waals surface area contributed by atoms with Crippen molar-refractivity contribution in [1.82, 2.24) is 25.4 Å². The maximum Gasteiger partial charge on any atom is 0.240 e. The smallest absolute Gasteiger partial charge is 0.240 e. The molecule has 104 valence electrons. The lowest BCUT2D eigenvalue weighted by Crippen LogP contribution is -2.04. The number of halogens is 1. The van der Waals surface area contributed by atoms with Gasteiger partial charge in [-0.15, -0.1) is 10.2 Å². The summed E-state index contributed by atoms with van der Waals surface area (Å²) < 4.78 is 16.0. The Morgan fingerprint density at radius 1 is 1.40 bits per heavy atom. The minimum Gasteiger partial charge on any atom is -0.446 e. The molecule has 8 nitrogen and oxygen atoms in total. The molecule has 0 radical (unpaired) electrons. The number of aromatic nitrogens is 5. The summed E-state index contributed by atoms with van der Waals surface area (Å²) in [6.07, 6.45) is 0. The minimum atomic E-state index is 0.363. The second-order valence-corrected chi connectivity index (χ2v) is 4.75. The zero-order chi connectivity index (χ0) is 13.9. The molecule has 3 heterocycles. The van der Waals surface area contributed by atoms with Gasteiger partial charge >= 0.3 is 0 Å². The Morgan fingerprint density at radius 3 is 3.05 bits per heavy atom. The number of hydrogen-bond donors (Lipinski definition) is 0. The fourth-order valence-corrected chi connectivity index (χ4v) is 1.94. The number of hydrogen-bond acceptors (Lipinski definition) is 7. The van der Waals surface area contributed by atoms with Crippen LogP contribution in [0.2, 0.25) is 0 Å². The highest BCUT2D eigenvalue weighted by molar-refractivity contribution is 9.10. The summed E-state index contributed by atoms with van der Waals surface area (Å²) in [5, 5.41) is 16.0. The SMILES string of the molecule is COCc1cc(Cn2nnc(-c3ccc(Br)o3)n2)no1. The normalized spacial score (nSPS) is 11.1. The zero-order valence-electron chi connectivity index (χ0n) is 10.5. The first-order chi connectivity index (χ1) is 9.74. The van der Waals surface area contributed by atoms with E-state index in [1.54, 1.807) is 25.3 Å². The molecule has 3 aromatic heterocycles. The molecule has 0 N–H and O–H groups in total. The van der Waals surface area contributed by atoms with Crippen molar-refractivity contribution in [3.63, 3.8) is 0 Å². The second kappa shape index (κ2) is 5.55. The first kappa shape index (κ1) is 13.0. The molecule has 0 unspecified atom stereocenters. The lowest BCUT2D eigenvalue weighted by atomic mass is 10.4. The summed E-state index contributed by atoms with van der Waals surface area (Å²) in [7, 11) is 1.59. The van der Waals surface area contributed by atoms with Crippen LogP contribution in [0.5, 0.6) is 0 Å². The minimum absolute atomic E-state index is 0.363. The molecule has 0 amide bonds. The Labute approximate surface area is 121 Å². The number of methoxy groups -OCH3 is 1. The average molecular weight is 340 g/mol. The Kier molecular flexibility index (Phi) is 3.61. The number of ether oxygens (including phenoxy) is 1. The van der Waals surface area contributed by atoms with E-state index in [1.165, 1.54) is 4.80 Å². The fraction of sp³-hybridized carbons (Fsp3) is 0.273. The summed E-state index contributed by atoms with van der Waals surface area (Å²) in [5.74, 6) is 1.61. The van der Waals surface area contributed by atoms with Crippen LogP contribution < -0.4 is 0 Å². The summed E-state index contributed by atoms with van der Waals surface area (Å²) in [6.45, 7) is 0.742. The summed E-state index contributed by atoms with van der Waals surface area (Å²) in [5.41, 5.74) is 0.696. The van der Waals surface area contributed by atoms with Crippen molar-refractivity contribution in [2.24, 2.45) is 0 Å². The zero-order valence-corrected chi connectivity index (χ0v) is 12.1. The Morgan fingerprint density at radius 2 is 2.30 bits per heavy atom. The lowest BCUT2D eigenvalue weighted by Gasteiger charge is -1.91. The Hall–Kier alpha value is -2.00. The van der Waals surface area contributed by atoms with E-state index in [0.717, 1.165) is 0 Å². The third-order valence-corrected chi connectivity index (χ3v) is 2.87. The molecule has 9 heteroatoms. The van der Waals surface area contributed by atoms with Crippen LogP contribution in [0.1, 0.15) is 11.5 Å². The predicted molar refractivity (Wildman–Crippen MR) is 69.5 cm³/mol. The van der Waals surface area contributed by atoms with Crippen molar-refractivity contribution in [2.45, 2.75) is 13.2 Å². The molecule has 0 aliphatic rings. The van der Waals surface area contributed by atoms with Gasteiger partial charge in [0.2, 0.25) is 5.82 Å². The van der Waals surface area contributed by atoms with Crippen LogP contribution >= 0.6 is 15.9 Å². The van der Waals surface area contributed by atoms with Crippen molar-refractivity contribution >= 4 is 15.9 Å². The topological polar surface area (TPSA) is 92.0 Å². The van der Waals surface area contributed by atoms with Crippen LogP contribution in [0.4, 0.5) is 0 Å². The van der Waals surface area contributed by atoms with Gasteiger partial charge in [-0.3, -0.25) is 0 Å². The molecular weight excluding hydrogens is 330 g/mol. The first-order valence-electron chi connectivity index (χ1n) is 5.71. The van der Waals surface area contributed by atoms with Gasteiger partial charge in [0.25, 0.3) is 0 Å². The van der Waals surface area contributed by atoms with Gasteiger partial charge in [-0.1, -0.05) is 5.16 Å². The van der Waals surface area contributed by atoms with Gasteiger partial charge in [-0.25, -0.2) is 0 Å². The van der Waals surface area contributed by atoms with Crippen molar-refractivity contribution < 1.29 is 13.7 Å². The quantitative estimate of drug-likeness (QED) is 0.700. The molecule has 0 saturated carbocycles. The molecule has 3 aromatic rings. The molecule has 0 atom stereocenters.